The van der Waals surface area contributed by atoms with Crippen LogP contribution in [-0.4, -0.2) is 13.7 Å². The van der Waals surface area contributed by atoms with Gasteiger partial charge in [-0.3, -0.25) is 0 Å². The molecule has 1 heterocycles. The van der Waals surface area contributed by atoms with Gasteiger partial charge in [0.1, 0.15) is 11.5 Å². The summed E-state index contributed by atoms with van der Waals surface area (Å²) in [5.74, 6) is 1.96. The van der Waals surface area contributed by atoms with Crippen molar-refractivity contribution in [3.63, 3.8) is 0 Å². The Labute approximate surface area is 127 Å². The van der Waals surface area contributed by atoms with Crippen molar-refractivity contribution in [3.8, 4) is 5.75 Å². The van der Waals surface area contributed by atoms with E-state index in [9.17, 15) is 0 Å². The van der Waals surface area contributed by atoms with Crippen LogP contribution in [0, 0.1) is 20.8 Å². The number of hydrogen-bond donors (Lipinski definition) is 1. The highest BCUT2D eigenvalue weighted by Crippen LogP contribution is 2.31. The van der Waals surface area contributed by atoms with E-state index in [0.29, 0.717) is 0 Å². The third-order valence-electron chi connectivity index (χ3n) is 3.78. The van der Waals surface area contributed by atoms with Crippen LogP contribution in [-0.2, 0) is 0 Å². The third kappa shape index (κ3) is 3.30. The summed E-state index contributed by atoms with van der Waals surface area (Å²) in [4.78, 5) is 0. The molecule has 21 heavy (non-hydrogen) atoms. The SMILES string of the molecule is CCCNC(c1cc(C)c(OC)c(C)c1)c1occc1C. The molecule has 3 nitrogen and oxygen atoms in total. The van der Waals surface area contributed by atoms with Crippen LogP contribution in [0.5, 0.6) is 5.75 Å². The molecule has 3 heteroatoms. The first-order valence-electron chi connectivity index (χ1n) is 7.51. The molecule has 1 N–H and O–H groups in total. The second-order valence-electron chi connectivity index (χ2n) is 5.54. The van der Waals surface area contributed by atoms with Gasteiger partial charge >= 0.3 is 0 Å². The molecule has 0 saturated heterocycles. The highest BCUT2D eigenvalue weighted by atomic mass is 16.5. The first kappa shape index (κ1) is 15.6. The predicted octanol–water partition coefficient (Wildman–Crippen LogP) is 4.30. The molecule has 0 aliphatic heterocycles. The van der Waals surface area contributed by atoms with Gasteiger partial charge in [-0.15, -0.1) is 0 Å². The number of ether oxygens (including phenoxy) is 1. The van der Waals surface area contributed by atoms with Gasteiger partial charge in [0.05, 0.1) is 19.4 Å². The minimum atomic E-state index is 0.0863. The van der Waals surface area contributed by atoms with E-state index in [1.54, 1.807) is 13.4 Å². The van der Waals surface area contributed by atoms with E-state index in [1.807, 2.05) is 6.07 Å². The fourth-order valence-electron chi connectivity index (χ4n) is 2.80. The Kier molecular flexibility index (Phi) is 5.07. The molecule has 1 atom stereocenters. The Morgan fingerprint density at radius 2 is 1.81 bits per heavy atom. The number of hydrogen-bond acceptors (Lipinski definition) is 3. The second kappa shape index (κ2) is 6.81. The number of nitrogens with one attached hydrogen (secondary N) is 1. The van der Waals surface area contributed by atoms with E-state index >= 15 is 0 Å². The van der Waals surface area contributed by atoms with E-state index in [0.717, 1.165) is 35.6 Å². The zero-order valence-corrected chi connectivity index (χ0v) is 13.6. The lowest BCUT2D eigenvalue weighted by atomic mass is 9.97. The highest BCUT2D eigenvalue weighted by molar-refractivity contribution is 5.46. The van der Waals surface area contributed by atoms with Crippen LogP contribution in [0.4, 0.5) is 0 Å². The summed E-state index contributed by atoms with van der Waals surface area (Å²) in [6.07, 6.45) is 2.85. The van der Waals surface area contributed by atoms with E-state index in [-0.39, 0.29) is 6.04 Å². The second-order valence-corrected chi connectivity index (χ2v) is 5.54. The Hall–Kier alpha value is -1.74. The van der Waals surface area contributed by atoms with Crippen LogP contribution < -0.4 is 10.1 Å². The molecular weight excluding hydrogens is 262 g/mol. The lowest BCUT2D eigenvalue weighted by molar-refractivity contribution is 0.407. The van der Waals surface area contributed by atoms with Crippen molar-refractivity contribution in [2.45, 2.75) is 40.2 Å². The smallest absolute Gasteiger partial charge is 0.128 e. The average molecular weight is 287 g/mol. The molecule has 0 aliphatic carbocycles. The topological polar surface area (TPSA) is 34.4 Å². The summed E-state index contributed by atoms with van der Waals surface area (Å²) in [5, 5.41) is 3.59. The fraction of sp³-hybridized carbons (Fsp3) is 0.444. The first-order chi connectivity index (χ1) is 10.1. The van der Waals surface area contributed by atoms with E-state index < -0.39 is 0 Å². The van der Waals surface area contributed by atoms with Crippen molar-refractivity contribution in [1.29, 1.82) is 0 Å². The zero-order chi connectivity index (χ0) is 15.4. The molecule has 1 unspecified atom stereocenters. The Morgan fingerprint density at radius 3 is 2.29 bits per heavy atom. The number of furan rings is 1. The van der Waals surface area contributed by atoms with Gasteiger partial charge in [-0.2, -0.15) is 0 Å². The molecule has 114 valence electrons. The van der Waals surface area contributed by atoms with E-state index in [4.69, 9.17) is 9.15 Å². The van der Waals surface area contributed by atoms with Crippen molar-refractivity contribution in [2.75, 3.05) is 13.7 Å². The van der Waals surface area contributed by atoms with Crippen LogP contribution in [0.3, 0.4) is 0 Å². The van der Waals surface area contributed by atoms with Gasteiger partial charge in [0.2, 0.25) is 0 Å². The first-order valence-corrected chi connectivity index (χ1v) is 7.51. The molecule has 0 saturated carbocycles. The van der Waals surface area contributed by atoms with Gasteiger partial charge in [-0.05, 0) is 62.1 Å². The molecule has 0 aliphatic rings. The third-order valence-corrected chi connectivity index (χ3v) is 3.78. The fourth-order valence-corrected chi connectivity index (χ4v) is 2.80. The van der Waals surface area contributed by atoms with Crippen molar-refractivity contribution in [1.82, 2.24) is 5.32 Å². The highest BCUT2D eigenvalue weighted by Gasteiger charge is 2.20. The van der Waals surface area contributed by atoms with Crippen molar-refractivity contribution in [2.24, 2.45) is 0 Å². The summed E-state index contributed by atoms with van der Waals surface area (Å²) in [7, 11) is 1.72. The zero-order valence-electron chi connectivity index (χ0n) is 13.6. The lowest BCUT2D eigenvalue weighted by Gasteiger charge is -2.20. The number of benzene rings is 1. The molecule has 0 radical (unpaired) electrons. The summed E-state index contributed by atoms with van der Waals surface area (Å²) in [6, 6.07) is 6.46. The normalized spacial score (nSPS) is 12.4. The minimum Gasteiger partial charge on any atom is -0.496 e. The standard InChI is InChI=1S/C18H25NO2/c1-6-8-19-16(18-12(2)7-9-21-18)15-10-13(3)17(20-5)14(4)11-15/h7,9-11,16,19H,6,8H2,1-5H3. The van der Waals surface area contributed by atoms with Crippen LogP contribution in [0.2, 0.25) is 0 Å². The molecule has 0 amide bonds. The maximum absolute atomic E-state index is 5.72. The molecule has 0 bridgehead atoms. The van der Waals surface area contributed by atoms with Gasteiger partial charge < -0.3 is 14.5 Å². The summed E-state index contributed by atoms with van der Waals surface area (Å²) in [6.45, 7) is 9.38. The predicted molar refractivity (Wildman–Crippen MR) is 86.0 cm³/mol. The average Bonchev–Trinajstić information content (AvgIpc) is 2.85. The molecule has 0 fully saturated rings. The number of methoxy groups -OCH3 is 1. The largest absolute Gasteiger partial charge is 0.496 e. The van der Waals surface area contributed by atoms with E-state index in [1.165, 1.54) is 11.1 Å². The van der Waals surface area contributed by atoms with Gasteiger partial charge in [-0.1, -0.05) is 19.1 Å². The quantitative estimate of drug-likeness (QED) is 0.860. The van der Waals surface area contributed by atoms with Crippen molar-refractivity contribution in [3.05, 3.63) is 52.5 Å². The van der Waals surface area contributed by atoms with Crippen molar-refractivity contribution >= 4 is 0 Å². The number of rotatable bonds is 6. The monoisotopic (exact) mass is 287 g/mol. The van der Waals surface area contributed by atoms with Gasteiger partial charge in [-0.25, -0.2) is 0 Å². The van der Waals surface area contributed by atoms with Crippen LogP contribution in [0.1, 0.15) is 47.4 Å². The molecule has 1 aromatic carbocycles. The lowest BCUT2D eigenvalue weighted by Crippen LogP contribution is -2.23. The Bertz CT molecular complexity index is 578. The molecule has 1 aromatic heterocycles. The van der Waals surface area contributed by atoms with Gasteiger partial charge in [0.25, 0.3) is 0 Å². The summed E-state index contributed by atoms with van der Waals surface area (Å²) < 4.78 is 11.2. The maximum atomic E-state index is 5.72. The Balaban J connectivity index is 2.44. The molecule has 2 aromatic rings. The van der Waals surface area contributed by atoms with E-state index in [2.05, 4.69) is 45.1 Å². The van der Waals surface area contributed by atoms with Crippen LogP contribution in [0.25, 0.3) is 0 Å². The molecular formula is C18H25NO2. The molecule has 2 rings (SSSR count). The molecule has 0 spiro atoms. The van der Waals surface area contributed by atoms with Gasteiger partial charge in [0, 0.05) is 0 Å². The van der Waals surface area contributed by atoms with Crippen LogP contribution in [0.15, 0.2) is 28.9 Å². The maximum Gasteiger partial charge on any atom is 0.128 e. The number of aryl methyl sites for hydroxylation is 3. The summed E-state index contributed by atoms with van der Waals surface area (Å²) >= 11 is 0. The Morgan fingerprint density at radius 1 is 1.14 bits per heavy atom. The van der Waals surface area contributed by atoms with Crippen molar-refractivity contribution < 1.29 is 9.15 Å². The van der Waals surface area contributed by atoms with Gasteiger partial charge in [0.15, 0.2) is 0 Å². The minimum absolute atomic E-state index is 0.0863. The summed E-state index contributed by atoms with van der Waals surface area (Å²) in [5.41, 5.74) is 4.70. The van der Waals surface area contributed by atoms with Crippen LogP contribution >= 0.6 is 0 Å².